The van der Waals surface area contributed by atoms with Gasteiger partial charge in [-0.25, -0.2) is 4.79 Å². The molecule has 1 saturated heterocycles. The second-order valence-electron chi connectivity index (χ2n) is 10.4. The predicted octanol–water partition coefficient (Wildman–Crippen LogP) is 4.83. The minimum Gasteiger partial charge on any atom is -0.444 e. The topological polar surface area (TPSA) is 94.7 Å². The molecule has 1 atom stereocenters. The molecule has 2 heterocycles. The standard InChI is InChI=1S/C27H37BrN4O4/c1-8-32(20-9-10-31(15-20)26(35)36-27(5,6)7)23-13-19(28)12-21(18(23)4)24(33)29-14-22-16(2)11-17(3)30-25(22)34/h11-13,20H,8-10,14-15H2,1-7H3,(H,29,33)(H,30,34). The van der Waals surface area contributed by atoms with Gasteiger partial charge in [-0.2, -0.15) is 0 Å². The number of amides is 2. The number of likely N-dealkylation sites (N-methyl/N-ethyl adjacent to an activating group) is 1. The van der Waals surface area contributed by atoms with E-state index >= 15 is 0 Å². The average molecular weight is 562 g/mol. The van der Waals surface area contributed by atoms with Crippen LogP contribution < -0.4 is 15.8 Å². The van der Waals surface area contributed by atoms with Gasteiger partial charge in [0.2, 0.25) is 0 Å². The van der Waals surface area contributed by atoms with Crippen LogP contribution in [0.1, 0.15) is 66.9 Å². The Hall–Kier alpha value is -2.81. The highest BCUT2D eigenvalue weighted by molar-refractivity contribution is 9.10. The van der Waals surface area contributed by atoms with Gasteiger partial charge < -0.3 is 24.8 Å². The molecule has 0 spiro atoms. The maximum Gasteiger partial charge on any atom is 0.410 e. The molecule has 0 aliphatic carbocycles. The van der Waals surface area contributed by atoms with Gasteiger partial charge in [0.05, 0.1) is 0 Å². The monoisotopic (exact) mass is 560 g/mol. The van der Waals surface area contributed by atoms with Crippen molar-refractivity contribution in [1.82, 2.24) is 15.2 Å². The normalized spacial score (nSPS) is 15.7. The maximum absolute atomic E-state index is 13.2. The number of carbonyl (C=O) groups is 2. The summed E-state index contributed by atoms with van der Waals surface area (Å²) in [5.74, 6) is -0.243. The van der Waals surface area contributed by atoms with E-state index in [1.54, 1.807) is 11.0 Å². The number of H-pyrrole nitrogens is 1. The first-order valence-electron chi connectivity index (χ1n) is 12.3. The summed E-state index contributed by atoms with van der Waals surface area (Å²) in [4.78, 5) is 44.9. The molecule has 1 aromatic heterocycles. The van der Waals surface area contributed by atoms with Gasteiger partial charge in [-0.3, -0.25) is 9.59 Å². The zero-order valence-electron chi connectivity index (χ0n) is 22.3. The highest BCUT2D eigenvalue weighted by Crippen LogP contribution is 2.32. The van der Waals surface area contributed by atoms with Crippen molar-refractivity contribution in [3.63, 3.8) is 0 Å². The molecule has 196 valence electrons. The number of aromatic nitrogens is 1. The van der Waals surface area contributed by atoms with E-state index in [2.05, 4.69) is 38.1 Å². The molecule has 3 rings (SSSR count). The van der Waals surface area contributed by atoms with E-state index in [-0.39, 0.29) is 30.1 Å². The Balaban J connectivity index is 1.80. The summed E-state index contributed by atoms with van der Waals surface area (Å²) >= 11 is 3.57. The van der Waals surface area contributed by atoms with E-state index < -0.39 is 5.60 Å². The SMILES string of the molecule is CCN(c1cc(Br)cc(C(=O)NCc2c(C)cc(C)[nH]c2=O)c1C)C1CCN(C(=O)OC(C)(C)C)C1. The number of aromatic amines is 1. The molecule has 8 nitrogen and oxygen atoms in total. The molecular formula is C27H37BrN4O4. The van der Waals surface area contributed by atoms with E-state index in [1.807, 2.05) is 53.7 Å². The van der Waals surface area contributed by atoms with Gasteiger partial charge in [0.1, 0.15) is 5.60 Å². The lowest BCUT2D eigenvalue weighted by molar-refractivity contribution is 0.0292. The van der Waals surface area contributed by atoms with Crippen molar-refractivity contribution in [3.8, 4) is 0 Å². The second-order valence-corrected chi connectivity index (χ2v) is 11.3. The number of hydrogen-bond acceptors (Lipinski definition) is 5. The van der Waals surface area contributed by atoms with Gasteiger partial charge in [0, 0.05) is 59.2 Å². The van der Waals surface area contributed by atoms with Crippen molar-refractivity contribution in [2.24, 2.45) is 0 Å². The number of carbonyl (C=O) groups excluding carboxylic acids is 2. The maximum atomic E-state index is 13.2. The third-order valence-electron chi connectivity index (χ3n) is 6.42. The van der Waals surface area contributed by atoms with Crippen molar-refractivity contribution in [1.29, 1.82) is 0 Å². The Labute approximate surface area is 221 Å². The molecule has 1 aliphatic rings. The molecule has 9 heteroatoms. The Morgan fingerprint density at radius 3 is 2.53 bits per heavy atom. The molecule has 0 saturated carbocycles. The molecule has 2 amide bonds. The first-order chi connectivity index (χ1) is 16.8. The summed E-state index contributed by atoms with van der Waals surface area (Å²) in [6.07, 6.45) is 0.518. The van der Waals surface area contributed by atoms with Crippen LogP contribution >= 0.6 is 15.9 Å². The molecule has 2 N–H and O–H groups in total. The quantitative estimate of drug-likeness (QED) is 0.527. The third-order valence-corrected chi connectivity index (χ3v) is 6.87. The van der Waals surface area contributed by atoms with Gasteiger partial charge in [0.15, 0.2) is 0 Å². The van der Waals surface area contributed by atoms with Gasteiger partial charge in [-0.05, 0) is 84.2 Å². The molecular weight excluding hydrogens is 524 g/mol. The van der Waals surface area contributed by atoms with Crippen LogP contribution in [-0.4, -0.2) is 53.2 Å². The van der Waals surface area contributed by atoms with Gasteiger partial charge in [0.25, 0.3) is 11.5 Å². The van der Waals surface area contributed by atoms with Crippen LogP contribution in [0.3, 0.4) is 0 Å². The van der Waals surface area contributed by atoms with Crippen molar-refractivity contribution >= 4 is 33.6 Å². The number of ether oxygens (including phenoxy) is 1. The minimum absolute atomic E-state index is 0.111. The van der Waals surface area contributed by atoms with Gasteiger partial charge >= 0.3 is 6.09 Å². The van der Waals surface area contributed by atoms with Crippen LogP contribution in [0, 0.1) is 20.8 Å². The fraction of sp³-hybridized carbons (Fsp3) is 0.519. The van der Waals surface area contributed by atoms with Crippen LogP contribution in [0.25, 0.3) is 0 Å². The molecule has 36 heavy (non-hydrogen) atoms. The largest absolute Gasteiger partial charge is 0.444 e. The molecule has 0 bridgehead atoms. The smallest absolute Gasteiger partial charge is 0.410 e. The lowest BCUT2D eigenvalue weighted by Gasteiger charge is -2.32. The van der Waals surface area contributed by atoms with E-state index in [0.717, 1.165) is 39.9 Å². The number of halogens is 1. The highest BCUT2D eigenvalue weighted by atomic mass is 79.9. The number of pyridine rings is 1. The molecule has 0 radical (unpaired) electrons. The number of benzene rings is 1. The van der Waals surface area contributed by atoms with Crippen molar-refractivity contribution < 1.29 is 14.3 Å². The first kappa shape index (κ1) is 27.8. The zero-order chi connectivity index (χ0) is 26.8. The predicted molar refractivity (Wildman–Crippen MR) is 146 cm³/mol. The summed E-state index contributed by atoms with van der Waals surface area (Å²) < 4.78 is 6.34. The van der Waals surface area contributed by atoms with E-state index in [4.69, 9.17) is 4.74 Å². The number of hydrogen-bond donors (Lipinski definition) is 2. The van der Waals surface area contributed by atoms with Crippen molar-refractivity contribution in [2.45, 2.75) is 73.1 Å². The molecule has 1 fully saturated rings. The second kappa shape index (κ2) is 11.1. The Bertz CT molecular complexity index is 1200. The average Bonchev–Trinajstić information content (AvgIpc) is 3.24. The number of likely N-dealkylation sites (tertiary alicyclic amines) is 1. The van der Waals surface area contributed by atoms with Crippen LogP contribution in [0.2, 0.25) is 0 Å². The molecule has 1 aliphatic heterocycles. The summed E-state index contributed by atoms with van der Waals surface area (Å²) in [5.41, 5.74) is 3.79. The molecule has 2 aromatic rings. The Morgan fingerprint density at radius 1 is 1.22 bits per heavy atom. The molecule has 1 aromatic carbocycles. The van der Waals surface area contributed by atoms with E-state index in [0.29, 0.717) is 24.2 Å². The first-order valence-corrected chi connectivity index (χ1v) is 13.1. The number of rotatable bonds is 6. The van der Waals surface area contributed by atoms with Crippen LogP contribution in [-0.2, 0) is 11.3 Å². The lowest BCUT2D eigenvalue weighted by atomic mass is 10.0. The summed E-state index contributed by atoms with van der Waals surface area (Å²) in [5, 5.41) is 2.91. The fourth-order valence-corrected chi connectivity index (χ4v) is 5.12. The van der Waals surface area contributed by atoms with Gasteiger partial charge in [-0.1, -0.05) is 15.9 Å². The summed E-state index contributed by atoms with van der Waals surface area (Å²) in [6.45, 7) is 15.4. The minimum atomic E-state index is -0.537. The fourth-order valence-electron chi connectivity index (χ4n) is 4.68. The van der Waals surface area contributed by atoms with Crippen molar-refractivity contribution in [3.05, 3.63) is 61.0 Å². The summed E-state index contributed by atoms with van der Waals surface area (Å²) in [7, 11) is 0. The third kappa shape index (κ3) is 6.49. The number of anilines is 1. The van der Waals surface area contributed by atoms with Crippen molar-refractivity contribution in [2.75, 3.05) is 24.5 Å². The van der Waals surface area contributed by atoms with Crippen LogP contribution in [0.15, 0.2) is 27.5 Å². The summed E-state index contributed by atoms with van der Waals surface area (Å²) in [6, 6.07) is 5.82. The van der Waals surface area contributed by atoms with E-state index in [1.165, 1.54) is 0 Å². The number of nitrogens with one attached hydrogen (secondary N) is 2. The van der Waals surface area contributed by atoms with Crippen LogP contribution in [0.4, 0.5) is 10.5 Å². The Kier molecular flexibility index (Phi) is 8.54. The zero-order valence-corrected chi connectivity index (χ0v) is 23.8. The van der Waals surface area contributed by atoms with Gasteiger partial charge in [-0.15, -0.1) is 0 Å². The Morgan fingerprint density at radius 2 is 1.92 bits per heavy atom. The van der Waals surface area contributed by atoms with Crippen LogP contribution in [0.5, 0.6) is 0 Å². The lowest BCUT2D eigenvalue weighted by Crippen LogP contribution is -2.41. The highest BCUT2D eigenvalue weighted by Gasteiger charge is 2.33. The molecule has 1 unspecified atom stereocenters. The number of aryl methyl sites for hydroxylation is 2. The van der Waals surface area contributed by atoms with E-state index in [9.17, 15) is 14.4 Å². The number of nitrogens with zero attached hydrogens (tertiary/aromatic N) is 2.